The van der Waals surface area contributed by atoms with Crippen molar-refractivity contribution >= 4 is 15.9 Å². The second-order valence-electron chi connectivity index (χ2n) is 1.39. The number of hydrogen-bond donors (Lipinski definition) is 0. The summed E-state index contributed by atoms with van der Waals surface area (Å²) in [5.74, 6) is 0. The summed E-state index contributed by atoms with van der Waals surface area (Å²) < 4.78 is 0.573. The Labute approximate surface area is 61.3 Å². The normalized spacial score (nSPS) is 8.44. The Morgan fingerprint density at radius 2 is 2.56 bits per heavy atom. The quantitative estimate of drug-likeness (QED) is 0.570. The molecule has 0 aliphatic heterocycles. The van der Waals surface area contributed by atoms with Crippen LogP contribution in [0, 0.1) is 17.4 Å². The fraction of sp³-hybridized carbons (Fsp3) is 0. The molecule has 0 N–H and O–H groups in total. The minimum Gasteiger partial charge on any atom is -0.247 e. The molecule has 0 fully saturated rings. The second kappa shape index (κ2) is 2.60. The summed E-state index contributed by atoms with van der Waals surface area (Å²) in [6, 6.07) is 6.22. The van der Waals surface area contributed by atoms with Crippen molar-refractivity contribution in [2.24, 2.45) is 0 Å². The van der Waals surface area contributed by atoms with Crippen molar-refractivity contribution in [3.8, 4) is 6.07 Å². The Kier molecular flexibility index (Phi) is 1.81. The van der Waals surface area contributed by atoms with Crippen LogP contribution in [0.4, 0.5) is 0 Å². The maximum atomic E-state index is 8.38. The van der Waals surface area contributed by atoms with Crippen LogP contribution in [-0.2, 0) is 0 Å². The molecule has 1 aromatic heterocycles. The summed E-state index contributed by atoms with van der Waals surface area (Å²) in [5, 5.41) is 8.38. The van der Waals surface area contributed by atoms with Crippen molar-refractivity contribution < 1.29 is 0 Å². The van der Waals surface area contributed by atoms with Gasteiger partial charge >= 0.3 is 0 Å². The standard InChI is InChI=1S/C6H2BrN2/c7-6-5(4-8)2-1-3-9-6/h2-3H. The van der Waals surface area contributed by atoms with E-state index >= 15 is 0 Å². The lowest BCUT2D eigenvalue weighted by molar-refractivity contribution is 1.25. The largest absolute Gasteiger partial charge is 0.247 e. The van der Waals surface area contributed by atoms with Crippen LogP contribution in [0.1, 0.15) is 5.56 Å². The molecule has 0 amide bonds. The second-order valence-corrected chi connectivity index (χ2v) is 2.14. The predicted octanol–water partition coefficient (Wildman–Crippen LogP) is 1.52. The Morgan fingerprint density at radius 1 is 1.78 bits per heavy atom. The first-order valence-electron chi connectivity index (χ1n) is 2.26. The first kappa shape index (κ1) is 6.24. The third-order valence-corrected chi connectivity index (χ3v) is 1.45. The van der Waals surface area contributed by atoms with Crippen molar-refractivity contribution in [2.75, 3.05) is 0 Å². The van der Waals surface area contributed by atoms with Crippen LogP contribution in [0.25, 0.3) is 0 Å². The van der Waals surface area contributed by atoms with Gasteiger partial charge in [0.05, 0.1) is 5.56 Å². The number of hydrogen-bond acceptors (Lipinski definition) is 2. The molecule has 1 aromatic rings. The zero-order valence-corrected chi connectivity index (χ0v) is 6.01. The van der Waals surface area contributed by atoms with Gasteiger partial charge in [-0.2, -0.15) is 5.26 Å². The maximum absolute atomic E-state index is 8.38. The van der Waals surface area contributed by atoms with Crippen LogP contribution >= 0.6 is 15.9 Å². The number of aromatic nitrogens is 1. The minimum absolute atomic E-state index is 0.512. The van der Waals surface area contributed by atoms with E-state index in [9.17, 15) is 0 Å². The number of rotatable bonds is 0. The number of nitrogens with zero attached hydrogens (tertiary/aromatic N) is 2. The molecule has 43 valence electrons. The van der Waals surface area contributed by atoms with Gasteiger partial charge in [0.15, 0.2) is 0 Å². The topological polar surface area (TPSA) is 36.7 Å². The highest BCUT2D eigenvalue weighted by atomic mass is 79.9. The predicted molar refractivity (Wildman–Crippen MR) is 35.5 cm³/mol. The highest BCUT2D eigenvalue weighted by molar-refractivity contribution is 9.10. The Hall–Kier alpha value is -0.880. The molecule has 0 aliphatic carbocycles. The smallest absolute Gasteiger partial charge is 0.123 e. The zero-order chi connectivity index (χ0) is 6.69. The molecular weight excluding hydrogens is 180 g/mol. The van der Waals surface area contributed by atoms with E-state index in [0.29, 0.717) is 10.2 Å². The summed E-state index contributed by atoms with van der Waals surface area (Å²) in [6.07, 6.45) is 1.50. The highest BCUT2D eigenvalue weighted by Crippen LogP contribution is 2.09. The summed E-state index contributed by atoms with van der Waals surface area (Å²) in [7, 11) is 0. The molecule has 0 saturated carbocycles. The molecule has 0 atom stereocenters. The van der Waals surface area contributed by atoms with Gasteiger partial charge in [-0.1, -0.05) is 0 Å². The van der Waals surface area contributed by atoms with Gasteiger partial charge in [0, 0.05) is 12.3 Å². The summed E-state index contributed by atoms with van der Waals surface area (Å²) in [5.41, 5.74) is 0.512. The molecule has 1 radical (unpaired) electrons. The van der Waals surface area contributed by atoms with E-state index < -0.39 is 0 Å². The lowest BCUT2D eigenvalue weighted by Gasteiger charge is -1.87. The highest BCUT2D eigenvalue weighted by Gasteiger charge is 1.94. The number of pyridine rings is 1. The van der Waals surface area contributed by atoms with Crippen molar-refractivity contribution in [3.05, 3.63) is 28.5 Å². The Bertz CT molecular complexity index is 251. The van der Waals surface area contributed by atoms with Crippen LogP contribution in [-0.4, -0.2) is 4.98 Å². The minimum atomic E-state index is 0.512. The molecule has 0 spiro atoms. The van der Waals surface area contributed by atoms with E-state index in [1.54, 1.807) is 6.07 Å². The van der Waals surface area contributed by atoms with Crippen LogP contribution < -0.4 is 0 Å². The van der Waals surface area contributed by atoms with Gasteiger partial charge < -0.3 is 0 Å². The van der Waals surface area contributed by atoms with E-state index in [-0.39, 0.29) is 0 Å². The van der Waals surface area contributed by atoms with Gasteiger partial charge in [-0.05, 0) is 22.0 Å². The Morgan fingerprint density at radius 3 is 3.00 bits per heavy atom. The molecule has 1 rings (SSSR count). The van der Waals surface area contributed by atoms with Crippen molar-refractivity contribution in [2.45, 2.75) is 0 Å². The van der Waals surface area contributed by atoms with E-state index in [2.05, 4.69) is 27.0 Å². The van der Waals surface area contributed by atoms with Crippen molar-refractivity contribution in [1.29, 1.82) is 5.26 Å². The van der Waals surface area contributed by atoms with E-state index in [1.165, 1.54) is 6.20 Å². The van der Waals surface area contributed by atoms with Gasteiger partial charge in [0.2, 0.25) is 0 Å². The molecule has 0 unspecified atom stereocenters. The first-order valence-corrected chi connectivity index (χ1v) is 3.05. The summed E-state index contributed by atoms with van der Waals surface area (Å²) >= 11 is 3.10. The van der Waals surface area contributed by atoms with Gasteiger partial charge in [-0.3, -0.25) is 0 Å². The van der Waals surface area contributed by atoms with E-state index in [0.717, 1.165) is 0 Å². The van der Waals surface area contributed by atoms with E-state index in [4.69, 9.17) is 5.26 Å². The average Bonchev–Trinajstić information content (AvgIpc) is 1.89. The van der Waals surface area contributed by atoms with Crippen LogP contribution in [0.2, 0.25) is 0 Å². The molecular formula is C6H2BrN2. The van der Waals surface area contributed by atoms with Gasteiger partial charge in [-0.15, -0.1) is 0 Å². The molecule has 0 aromatic carbocycles. The summed E-state index contributed by atoms with van der Waals surface area (Å²) in [4.78, 5) is 3.79. The maximum Gasteiger partial charge on any atom is 0.123 e. The zero-order valence-electron chi connectivity index (χ0n) is 4.43. The molecule has 1 heterocycles. The third kappa shape index (κ3) is 1.27. The SMILES string of the molecule is N#Cc1c[c]cnc1Br. The monoisotopic (exact) mass is 181 g/mol. The fourth-order valence-corrected chi connectivity index (χ4v) is 0.728. The van der Waals surface area contributed by atoms with Crippen LogP contribution in [0.5, 0.6) is 0 Å². The molecule has 3 heteroatoms. The lowest BCUT2D eigenvalue weighted by atomic mass is 10.3. The molecule has 0 bridgehead atoms. The summed E-state index contributed by atoms with van der Waals surface area (Å²) in [6.45, 7) is 0. The Balaban J connectivity index is 3.20. The molecule has 2 nitrogen and oxygen atoms in total. The average molecular weight is 182 g/mol. The molecule has 9 heavy (non-hydrogen) atoms. The van der Waals surface area contributed by atoms with Gasteiger partial charge in [0.25, 0.3) is 0 Å². The molecule has 0 saturated heterocycles. The van der Waals surface area contributed by atoms with Gasteiger partial charge in [0.1, 0.15) is 10.7 Å². The molecule has 0 aliphatic rings. The number of nitriles is 1. The fourth-order valence-electron chi connectivity index (χ4n) is 0.422. The van der Waals surface area contributed by atoms with Crippen molar-refractivity contribution in [1.82, 2.24) is 4.98 Å². The third-order valence-electron chi connectivity index (χ3n) is 0.823. The van der Waals surface area contributed by atoms with Gasteiger partial charge in [-0.25, -0.2) is 4.98 Å². The first-order chi connectivity index (χ1) is 4.34. The van der Waals surface area contributed by atoms with E-state index in [1.807, 2.05) is 6.07 Å². The number of halogens is 1. The van der Waals surface area contributed by atoms with Crippen LogP contribution in [0.3, 0.4) is 0 Å². The van der Waals surface area contributed by atoms with Crippen LogP contribution in [0.15, 0.2) is 16.9 Å². The van der Waals surface area contributed by atoms with Crippen molar-refractivity contribution in [3.63, 3.8) is 0 Å². The lowest BCUT2D eigenvalue weighted by Crippen LogP contribution is -1.78.